The Morgan fingerprint density at radius 1 is 0.852 bits per heavy atom. The zero-order chi connectivity index (χ0) is 18.6. The average Bonchev–Trinajstić information content (AvgIpc) is 3.07. The van der Waals surface area contributed by atoms with E-state index in [1.807, 2.05) is 53.1 Å². The van der Waals surface area contributed by atoms with E-state index in [-0.39, 0.29) is 5.56 Å². The highest BCUT2D eigenvalue weighted by atomic mass is 19.4. The number of hydrogen-bond donors (Lipinski definition) is 1. The van der Waals surface area contributed by atoms with E-state index in [0.29, 0.717) is 5.82 Å². The lowest BCUT2D eigenvalue weighted by Gasteiger charge is -2.31. The fourth-order valence-electron chi connectivity index (χ4n) is 3.72. The van der Waals surface area contributed by atoms with Gasteiger partial charge in [-0.25, -0.2) is 4.98 Å². The van der Waals surface area contributed by atoms with Gasteiger partial charge in [-0.1, -0.05) is 42.5 Å². The SMILES string of the molecule is FC(F)(F)c1ccccc1[C@H]1Nc2ccccc2-c2nc3ccccc3n21. The van der Waals surface area contributed by atoms with Crippen molar-refractivity contribution >= 4 is 16.7 Å². The molecule has 1 aliphatic rings. The Bertz CT molecular complexity index is 1160. The van der Waals surface area contributed by atoms with E-state index >= 15 is 0 Å². The first-order valence-corrected chi connectivity index (χ1v) is 8.53. The zero-order valence-corrected chi connectivity index (χ0v) is 14.0. The van der Waals surface area contributed by atoms with Crippen LogP contribution in [0.25, 0.3) is 22.4 Å². The van der Waals surface area contributed by atoms with Crippen molar-refractivity contribution in [1.29, 1.82) is 0 Å². The third-order valence-electron chi connectivity index (χ3n) is 4.87. The third kappa shape index (κ3) is 2.40. The molecule has 3 nitrogen and oxygen atoms in total. The summed E-state index contributed by atoms with van der Waals surface area (Å²) in [7, 11) is 0. The van der Waals surface area contributed by atoms with Crippen molar-refractivity contribution in [2.45, 2.75) is 12.3 Å². The number of aromatic nitrogens is 2. The average molecular weight is 365 g/mol. The molecule has 0 spiro atoms. The van der Waals surface area contributed by atoms with Crippen LogP contribution < -0.4 is 5.32 Å². The zero-order valence-electron chi connectivity index (χ0n) is 14.0. The highest BCUT2D eigenvalue weighted by Gasteiger charge is 2.37. The molecule has 0 radical (unpaired) electrons. The van der Waals surface area contributed by atoms with E-state index in [4.69, 9.17) is 4.98 Å². The molecule has 134 valence electrons. The standard InChI is InChI=1S/C21H14F3N3/c22-21(23,24)15-9-3-1-7-13(15)19-25-16-10-4-2-8-14(16)20-26-17-11-5-6-12-18(17)27(19)20/h1-12,19,25H/t19-/m0/s1. The first-order valence-electron chi connectivity index (χ1n) is 8.53. The lowest BCUT2D eigenvalue weighted by Crippen LogP contribution is -2.27. The van der Waals surface area contributed by atoms with Crippen molar-refractivity contribution in [3.63, 3.8) is 0 Å². The normalized spacial score (nSPS) is 15.9. The van der Waals surface area contributed by atoms with Gasteiger partial charge < -0.3 is 5.32 Å². The number of rotatable bonds is 1. The number of halogens is 3. The van der Waals surface area contributed by atoms with Crippen molar-refractivity contribution in [2.75, 3.05) is 5.32 Å². The number of anilines is 1. The van der Waals surface area contributed by atoms with E-state index in [1.165, 1.54) is 12.1 Å². The van der Waals surface area contributed by atoms with Crippen LogP contribution in [0.5, 0.6) is 0 Å². The molecule has 1 N–H and O–H groups in total. The molecular weight excluding hydrogens is 351 g/mol. The topological polar surface area (TPSA) is 29.9 Å². The molecule has 0 saturated heterocycles. The quantitative estimate of drug-likeness (QED) is 0.469. The number of hydrogen-bond acceptors (Lipinski definition) is 2. The van der Waals surface area contributed by atoms with E-state index in [9.17, 15) is 13.2 Å². The van der Waals surface area contributed by atoms with Crippen molar-refractivity contribution in [3.8, 4) is 11.4 Å². The number of benzene rings is 3. The summed E-state index contributed by atoms with van der Waals surface area (Å²) in [6.45, 7) is 0. The smallest absolute Gasteiger partial charge is 0.361 e. The predicted octanol–water partition coefficient (Wildman–Crippen LogP) is 5.69. The van der Waals surface area contributed by atoms with Crippen LogP contribution in [0, 0.1) is 0 Å². The summed E-state index contributed by atoms with van der Waals surface area (Å²) in [5, 5.41) is 3.28. The second-order valence-corrected chi connectivity index (χ2v) is 6.47. The molecule has 0 aliphatic carbocycles. The van der Waals surface area contributed by atoms with Gasteiger partial charge in [0.15, 0.2) is 0 Å². The molecule has 0 unspecified atom stereocenters. The Kier molecular flexibility index (Phi) is 3.31. The second-order valence-electron chi connectivity index (χ2n) is 6.47. The van der Waals surface area contributed by atoms with E-state index in [2.05, 4.69) is 5.32 Å². The van der Waals surface area contributed by atoms with Gasteiger partial charge >= 0.3 is 6.18 Å². The van der Waals surface area contributed by atoms with Gasteiger partial charge in [-0.3, -0.25) is 4.57 Å². The number of para-hydroxylation sites is 3. The second kappa shape index (κ2) is 5.61. The van der Waals surface area contributed by atoms with Crippen LogP contribution in [-0.2, 0) is 6.18 Å². The van der Waals surface area contributed by atoms with Gasteiger partial charge in [0.2, 0.25) is 0 Å². The Morgan fingerprint density at radius 3 is 2.41 bits per heavy atom. The molecule has 0 fully saturated rings. The van der Waals surface area contributed by atoms with Crippen LogP contribution in [0.1, 0.15) is 17.3 Å². The van der Waals surface area contributed by atoms with Crippen LogP contribution >= 0.6 is 0 Å². The third-order valence-corrected chi connectivity index (χ3v) is 4.87. The van der Waals surface area contributed by atoms with E-state index in [0.717, 1.165) is 28.4 Å². The first-order chi connectivity index (χ1) is 13.0. The lowest BCUT2D eigenvalue weighted by atomic mass is 10.0. The van der Waals surface area contributed by atoms with Gasteiger partial charge in [-0.2, -0.15) is 13.2 Å². The lowest BCUT2D eigenvalue weighted by molar-refractivity contribution is -0.138. The molecule has 27 heavy (non-hydrogen) atoms. The van der Waals surface area contributed by atoms with Crippen molar-refractivity contribution in [2.24, 2.45) is 0 Å². The van der Waals surface area contributed by atoms with Crippen LogP contribution in [0.4, 0.5) is 18.9 Å². The Morgan fingerprint density at radius 2 is 1.56 bits per heavy atom. The number of alkyl halides is 3. The Balaban J connectivity index is 1.83. The minimum atomic E-state index is -4.44. The van der Waals surface area contributed by atoms with Gasteiger partial charge in [0, 0.05) is 16.8 Å². The van der Waals surface area contributed by atoms with E-state index < -0.39 is 17.9 Å². The fourth-order valence-corrected chi connectivity index (χ4v) is 3.72. The van der Waals surface area contributed by atoms with Crippen LogP contribution in [0.2, 0.25) is 0 Å². The summed E-state index contributed by atoms with van der Waals surface area (Å²) in [5.41, 5.74) is 2.70. The highest BCUT2D eigenvalue weighted by Crippen LogP contribution is 2.43. The van der Waals surface area contributed by atoms with Crippen molar-refractivity contribution in [1.82, 2.24) is 9.55 Å². The molecule has 0 bridgehead atoms. The van der Waals surface area contributed by atoms with Gasteiger partial charge in [0.25, 0.3) is 0 Å². The summed E-state index contributed by atoms with van der Waals surface area (Å²) < 4.78 is 42.8. The number of fused-ring (bicyclic) bond motifs is 5. The maximum absolute atomic E-state index is 13.7. The molecule has 3 aromatic carbocycles. The molecule has 5 rings (SSSR count). The molecule has 1 aromatic heterocycles. The molecule has 1 atom stereocenters. The minimum absolute atomic E-state index is 0.170. The fraction of sp³-hybridized carbons (Fsp3) is 0.0952. The minimum Gasteiger partial charge on any atom is -0.361 e. The summed E-state index contributed by atoms with van der Waals surface area (Å²) in [6, 6.07) is 20.7. The summed E-state index contributed by atoms with van der Waals surface area (Å²) >= 11 is 0. The first kappa shape index (κ1) is 15.9. The molecule has 4 aromatic rings. The van der Waals surface area contributed by atoms with Crippen LogP contribution in [-0.4, -0.2) is 9.55 Å². The molecule has 1 aliphatic heterocycles. The summed E-state index contributed by atoms with van der Waals surface area (Å²) in [4.78, 5) is 4.70. The van der Waals surface area contributed by atoms with Gasteiger partial charge in [-0.15, -0.1) is 0 Å². The molecule has 6 heteroatoms. The van der Waals surface area contributed by atoms with Crippen LogP contribution in [0.15, 0.2) is 72.8 Å². The Labute approximate surface area is 153 Å². The Hall–Kier alpha value is -3.28. The number of imidazole rings is 1. The van der Waals surface area contributed by atoms with Gasteiger partial charge in [0.1, 0.15) is 12.0 Å². The maximum atomic E-state index is 13.7. The van der Waals surface area contributed by atoms with Gasteiger partial charge in [0.05, 0.1) is 16.6 Å². The summed E-state index contributed by atoms with van der Waals surface area (Å²) in [5.74, 6) is 0.660. The largest absolute Gasteiger partial charge is 0.416 e. The highest BCUT2D eigenvalue weighted by molar-refractivity contribution is 5.86. The maximum Gasteiger partial charge on any atom is 0.416 e. The monoisotopic (exact) mass is 365 g/mol. The van der Waals surface area contributed by atoms with Crippen molar-refractivity contribution in [3.05, 3.63) is 83.9 Å². The molecular formula is C21H14F3N3. The molecule has 0 amide bonds. The van der Waals surface area contributed by atoms with Gasteiger partial charge in [-0.05, 0) is 30.3 Å². The number of nitrogens with one attached hydrogen (secondary N) is 1. The van der Waals surface area contributed by atoms with Crippen molar-refractivity contribution < 1.29 is 13.2 Å². The summed E-state index contributed by atoms with van der Waals surface area (Å²) in [6.07, 6.45) is -5.15. The van der Waals surface area contributed by atoms with Crippen LogP contribution in [0.3, 0.4) is 0 Å². The molecule has 2 heterocycles. The molecule has 0 saturated carbocycles. The van der Waals surface area contributed by atoms with E-state index in [1.54, 1.807) is 6.07 Å². The number of nitrogens with zero attached hydrogens (tertiary/aromatic N) is 2. The predicted molar refractivity (Wildman–Crippen MR) is 98.4 cm³/mol.